The average molecular weight is 509 g/mol. The number of anilines is 1. The van der Waals surface area contributed by atoms with Crippen LogP contribution in [0.2, 0.25) is 0 Å². The van der Waals surface area contributed by atoms with Crippen molar-refractivity contribution >= 4 is 43.6 Å². The van der Waals surface area contributed by atoms with Gasteiger partial charge in [0.15, 0.2) is 10.6 Å². The van der Waals surface area contributed by atoms with Crippen molar-refractivity contribution in [1.82, 2.24) is 14.5 Å². The van der Waals surface area contributed by atoms with E-state index in [1.807, 2.05) is 6.07 Å². The first kappa shape index (κ1) is 18.5. The second-order valence-corrected chi connectivity index (χ2v) is 9.15. The van der Waals surface area contributed by atoms with E-state index in [1.165, 1.54) is 30.5 Å². The van der Waals surface area contributed by atoms with Crippen molar-refractivity contribution in [3.05, 3.63) is 38.7 Å². The van der Waals surface area contributed by atoms with Crippen molar-refractivity contribution in [1.29, 1.82) is 0 Å². The van der Waals surface area contributed by atoms with Crippen LogP contribution in [0.15, 0.2) is 32.4 Å². The minimum absolute atomic E-state index is 0.427. The summed E-state index contributed by atoms with van der Waals surface area (Å²) in [4.78, 5) is 14.8. The molecule has 0 bridgehead atoms. The third-order valence-electron chi connectivity index (χ3n) is 6.07. The van der Waals surface area contributed by atoms with E-state index in [9.17, 15) is 0 Å². The van der Waals surface area contributed by atoms with Gasteiger partial charge in [0.25, 0.3) is 0 Å². The number of nitrogens with zero attached hydrogens (tertiary/aromatic N) is 5. The summed E-state index contributed by atoms with van der Waals surface area (Å²) in [7, 11) is 1.69. The van der Waals surface area contributed by atoms with E-state index < -0.39 is 0 Å². The summed E-state index contributed by atoms with van der Waals surface area (Å²) in [5.74, 6) is 3.05. The summed E-state index contributed by atoms with van der Waals surface area (Å²) in [5.41, 5.74) is 2.46. The third kappa shape index (κ3) is 2.79. The summed E-state index contributed by atoms with van der Waals surface area (Å²) < 4.78 is 9.49. The first-order valence-corrected chi connectivity index (χ1v) is 11.4. The van der Waals surface area contributed by atoms with Crippen LogP contribution in [0.4, 0.5) is 5.82 Å². The maximum Gasteiger partial charge on any atom is 0.203 e. The lowest BCUT2D eigenvalue weighted by Crippen LogP contribution is -2.50. The molecular formula is C20H23Br2N5O. The average Bonchev–Trinajstić information content (AvgIpc) is 3.35. The van der Waals surface area contributed by atoms with Crippen molar-refractivity contribution in [3.8, 4) is 5.75 Å². The molecule has 1 fully saturated rings. The Bertz CT molecular complexity index is 956. The van der Waals surface area contributed by atoms with Gasteiger partial charge in [0, 0.05) is 6.54 Å². The minimum Gasteiger partial charge on any atom is -0.496 e. The topological polar surface area (TPSA) is 45.9 Å². The van der Waals surface area contributed by atoms with Gasteiger partial charge < -0.3 is 14.2 Å². The van der Waals surface area contributed by atoms with Gasteiger partial charge in [-0.2, -0.15) is 0 Å². The molecule has 0 radical (unpaired) electrons. The standard InChI is InChI=1S/C20H23Br2N5O/c1-3-25-11-16-18(27-15-6-4-5-14(15)23-20(25)27)24-19(22)26(16)10-12-7-8-17(28-2)13(21)9-12/h7-9,14-15H,3-6,10-11H2,1-2H3/t14-,15+/m1/s1. The summed E-state index contributed by atoms with van der Waals surface area (Å²) in [6.07, 6.45) is 3.65. The molecule has 3 aliphatic rings. The molecule has 1 aliphatic carbocycles. The number of guanidine groups is 1. The molecule has 148 valence electrons. The molecule has 28 heavy (non-hydrogen) atoms. The molecule has 2 atom stereocenters. The predicted octanol–water partition coefficient (Wildman–Crippen LogP) is 4.40. The van der Waals surface area contributed by atoms with Crippen LogP contribution in [0.3, 0.4) is 0 Å². The first-order valence-electron chi connectivity index (χ1n) is 9.80. The number of ether oxygens (including phenoxy) is 1. The van der Waals surface area contributed by atoms with Crippen molar-refractivity contribution in [2.75, 3.05) is 18.6 Å². The Morgan fingerprint density at radius 1 is 1.25 bits per heavy atom. The third-order valence-corrected chi connectivity index (χ3v) is 7.29. The second kappa shape index (κ2) is 7.06. The predicted molar refractivity (Wildman–Crippen MR) is 117 cm³/mol. The maximum atomic E-state index is 5.36. The van der Waals surface area contributed by atoms with Gasteiger partial charge in [-0.1, -0.05) is 6.07 Å². The van der Waals surface area contributed by atoms with Gasteiger partial charge in [-0.3, -0.25) is 4.90 Å². The second-order valence-electron chi connectivity index (χ2n) is 7.59. The van der Waals surface area contributed by atoms with Crippen LogP contribution in [0.25, 0.3) is 0 Å². The molecule has 0 spiro atoms. The first-order chi connectivity index (χ1) is 13.6. The summed E-state index contributed by atoms with van der Waals surface area (Å²) >= 11 is 7.32. The molecule has 1 saturated carbocycles. The van der Waals surface area contributed by atoms with E-state index >= 15 is 0 Å². The molecule has 3 heterocycles. The number of aliphatic imine (C=N–C) groups is 1. The Morgan fingerprint density at radius 3 is 2.86 bits per heavy atom. The molecule has 1 aromatic carbocycles. The lowest BCUT2D eigenvalue weighted by Gasteiger charge is -2.37. The molecule has 0 amide bonds. The lowest BCUT2D eigenvalue weighted by molar-refractivity contribution is 0.401. The van der Waals surface area contributed by atoms with Crippen molar-refractivity contribution in [2.45, 2.75) is 51.4 Å². The number of benzene rings is 1. The van der Waals surface area contributed by atoms with E-state index in [2.05, 4.69) is 65.3 Å². The van der Waals surface area contributed by atoms with Crippen LogP contribution in [-0.2, 0) is 13.1 Å². The molecule has 0 unspecified atom stereocenters. The number of methoxy groups -OCH3 is 1. The van der Waals surface area contributed by atoms with E-state index in [-0.39, 0.29) is 0 Å². The molecule has 0 saturated heterocycles. The number of rotatable bonds is 4. The number of imidazole rings is 1. The molecule has 2 aliphatic heterocycles. The SMILES string of the molecule is CCN1Cc2c(nc(Br)n2Cc2ccc(OC)c(Br)c2)N2C1=N[C@@H]1CCC[C@@H]12. The Kier molecular flexibility index (Phi) is 4.66. The highest BCUT2D eigenvalue weighted by atomic mass is 79.9. The molecule has 1 aromatic heterocycles. The van der Waals surface area contributed by atoms with Gasteiger partial charge >= 0.3 is 0 Å². The normalized spacial score (nSPS) is 22.8. The van der Waals surface area contributed by atoms with Crippen LogP contribution in [0, 0.1) is 0 Å². The Balaban J connectivity index is 1.54. The molecule has 8 heteroatoms. The van der Waals surface area contributed by atoms with E-state index in [4.69, 9.17) is 14.7 Å². The number of halogens is 2. The zero-order valence-corrected chi connectivity index (χ0v) is 19.2. The zero-order chi connectivity index (χ0) is 19.4. The van der Waals surface area contributed by atoms with Crippen LogP contribution in [0.5, 0.6) is 5.75 Å². The molecular weight excluding hydrogens is 486 g/mol. The van der Waals surface area contributed by atoms with Gasteiger partial charge in [0.05, 0.1) is 42.4 Å². The Labute approximate surface area is 181 Å². The van der Waals surface area contributed by atoms with Gasteiger partial charge in [-0.05, 0) is 75.7 Å². The quantitative estimate of drug-likeness (QED) is 0.614. The summed E-state index contributed by atoms with van der Waals surface area (Å²) in [5, 5.41) is 0. The van der Waals surface area contributed by atoms with E-state index in [0.29, 0.717) is 12.1 Å². The summed E-state index contributed by atoms with van der Waals surface area (Å²) in [6.45, 7) is 4.76. The van der Waals surface area contributed by atoms with E-state index in [0.717, 1.165) is 46.4 Å². The maximum absolute atomic E-state index is 5.36. The van der Waals surface area contributed by atoms with Crippen molar-refractivity contribution in [2.24, 2.45) is 4.99 Å². The van der Waals surface area contributed by atoms with Crippen LogP contribution < -0.4 is 9.64 Å². The number of fused-ring (bicyclic) bond motifs is 5. The van der Waals surface area contributed by atoms with Gasteiger partial charge in [-0.25, -0.2) is 9.98 Å². The lowest BCUT2D eigenvalue weighted by atomic mass is 10.1. The fourth-order valence-electron chi connectivity index (χ4n) is 4.67. The highest BCUT2D eigenvalue weighted by molar-refractivity contribution is 9.10. The Hall–Kier alpha value is -1.54. The number of hydrogen-bond acceptors (Lipinski definition) is 5. The van der Waals surface area contributed by atoms with Gasteiger partial charge in [0.2, 0.25) is 5.96 Å². The molecule has 2 aromatic rings. The highest BCUT2D eigenvalue weighted by Crippen LogP contribution is 2.41. The van der Waals surface area contributed by atoms with Gasteiger partial charge in [0.1, 0.15) is 5.75 Å². The van der Waals surface area contributed by atoms with Crippen molar-refractivity contribution in [3.63, 3.8) is 0 Å². The minimum atomic E-state index is 0.427. The molecule has 5 rings (SSSR count). The summed E-state index contributed by atoms with van der Waals surface area (Å²) in [6, 6.07) is 7.13. The monoisotopic (exact) mass is 507 g/mol. The van der Waals surface area contributed by atoms with Crippen molar-refractivity contribution < 1.29 is 4.74 Å². The molecule has 0 N–H and O–H groups in total. The smallest absolute Gasteiger partial charge is 0.203 e. The fraction of sp³-hybridized carbons (Fsp3) is 0.500. The highest BCUT2D eigenvalue weighted by Gasteiger charge is 2.46. The zero-order valence-electron chi connectivity index (χ0n) is 16.0. The largest absolute Gasteiger partial charge is 0.496 e. The van der Waals surface area contributed by atoms with Crippen LogP contribution in [-0.4, -0.2) is 46.1 Å². The molecule has 6 nitrogen and oxygen atoms in total. The fourth-order valence-corrected chi connectivity index (χ4v) is 5.76. The number of aromatic nitrogens is 2. The van der Waals surface area contributed by atoms with Crippen LogP contribution >= 0.6 is 31.9 Å². The number of hydrogen-bond donors (Lipinski definition) is 0. The Morgan fingerprint density at radius 2 is 2.11 bits per heavy atom. The van der Waals surface area contributed by atoms with E-state index in [1.54, 1.807) is 7.11 Å². The van der Waals surface area contributed by atoms with Gasteiger partial charge in [-0.15, -0.1) is 0 Å². The van der Waals surface area contributed by atoms with Crippen LogP contribution in [0.1, 0.15) is 37.4 Å².